The smallest absolute Gasteiger partial charge is 0.408 e. The Morgan fingerprint density at radius 3 is 2.59 bits per heavy atom. The van der Waals surface area contributed by atoms with Crippen LogP contribution in [0, 0.1) is 6.92 Å². The van der Waals surface area contributed by atoms with Crippen molar-refractivity contribution in [2.75, 3.05) is 6.54 Å². The number of hydrogen-bond acceptors (Lipinski definition) is 4. The van der Waals surface area contributed by atoms with Gasteiger partial charge >= 0.3 is 6.18 Å². The Morgan fingerprint density at radius 2 is 2.09 bits per heavy atom. The number of aromatic nitrogens is 1. The summed E-state index contributed by atoms with van der Waals surface area (Å²) in [6.45, 7) is 2.52. The topological polar surface area (TPSA) is 75.4 Å². The van der Waals surface area contributed by atoms with E-state index in [0.717, 1.165) is 11.3 Å². The summed E-state index contributed by atoms with van der Waals surface area (Å²) >= 11 is 0. The van der Waals surface area contributed by atoms with Gasteiger partial charge in [0.2, 0.25) is 5.91 Å². The predicted octanol–water partition coefficient (Wildman–Crippen LogP) is 1.65. The van der Waals surface area contributed by atoms with Gasteiger partial charge in [0.15, 0.2) is 12.1 Å². The van der Waals surface area contributed by atoms with E-state index in [2.05, 4.69) is 10.3 Å². The van der Waals surface area contributed by atoms with Crippen LogP contribution in [0.25, 0.3) is 0 Å². The normalized spacial score (nSPS) is 22.5. The summed E-state index contributed by atoms with van der Waals surface area (Å²) in [5.74, 6) is -1.03. The number of carbonyl (C=O) groups excluding carboxylic acids is 2. The number of rotatable bonds is 2. The highest BCUT2D eigenvalue weighted by molar-refractivity contribution is 5.93. The van der Waals surface area contributed by atoms with Crippen LogP contribution in [0.2, 0.25) is 0 Å². The van der Waals surface area contributed by atoms with Gasteiger partial charge in [-0.15, -0.1) is 0 Å². The van der Waals surface area contributed by atoms with E-state index in [-0.39, 0.29) is 36.7 Å². The quantitative estimate of drug-likeness (QED) is 0.899. The molecular formula is C13H16F3N3O3. The molecule has 1 saturated heterocycles. The van der Waals surface area contributed by atoms with Crippen molar-refractivity contribution in [1.82, 2.24) is 15.2 Å². The summed E-state index contributed by atoms with van der Waals surface area (Å²) < 4.78 is 44.4. The Bertz CT molecular complexity index is 570. The summed E-state index contributed by atoms with van der Waals surface area (Å²) in [7, 11) is 0. The van der Waals surface area contributed by atoms with E-state index < -0.39 is 24.2 Å². The van der Waals surface area contributed by atoms with Gasteiger partial charge < -0.3 is 14.6 Å². The number of alkyl halides is 3. The second-order valence-corrected chi connectivity index (χ2v) is 5.25. The van der Waals surface area contributed by atoms with E-state index in [9.17, 15) is 22.8 Å². The molecule has 9 heteroatoms. The molecule has 0 aromatic carbocycles. The van der Waals surface area contributed by atoms with Gasteiger partial charge in [0.1, 0.15) is 11.8 Å². The van der Waals surface area contributed by atoms with Crippen LogP contribution in [-0.4, -0.2) is 46.5 Å². The SMILES string of the molecule is CC(=O)NC1CCC(C(F)(F)F)N(C(=O)c2ncoc2C)C1. The fraction of sp³-hybridized carbons (Fsp3) is 0.615. The Morgan fingerprint density at radius 1 is 1.41 bits per heavy atom. The summed E-state index contributed by atoms with van der Waals surface area (Å²) in [5, 5.41) is 2.55. The highest BCUT2D eigenvalue weighted by atomic mass is 19.4. The number of carbonyl (C=O) groups is 2. The molecule has 1 aliphatic rings. The molecule has 1 N–H and O–H groups in total. The van der Waals surface area contributed by atoms with Crippen molar-refractivity contribution in [3.63, 3.8) is 0 Å². The first kappa shape index (κ1) is 16.3. The van der Waals surface area contributed by atoms with Gasteiger partial charge in [0.25, 0.3) is 5.91 Å². The third-order valence-corrected chi connectivity index (χ3v) is 3.58. The van der Waals surface area contributed by atoms with Crippen molar-refractivity contribution in [3.05, 3.63) is 17.8 Å². The number of hydrogen-bond donors (Lipinski definition) is 1. The zero-order chi connectivity index (χ0) is 16.5. The molecule has 1 aromatic rings. The Hall–Kier alpha value is -2.06. The predicted molar refractivity (Wildman–Crippen MR) is 69.0 cm³/mol. The Balaban J connectivity index is 2.25. The molecule has 2 amide bonds. The maximum Gasteiger partial charge on any atom is 0.408 e. The first-order valence-corrected chi connectivity index (χ1v) is 6.75. The van der Waals surface area contributed by atoms with Gasteiger partial charge in [-0.25, -0.2) is 4.98 Å². The second kappa shape index (κ2) is 5.98. The second-order valence-electron chi connectivity index (χ2n) is 5.25. The Kier molecular flexibility index (Phi) is 4.43. The standard InChI is InChI=1S/C13H16F3N3O3/c1-7-11(17-6-22-7)12(21)19-5-9(18-8(2)20)3-4-10(19)13(14,15)16/h6,9-10H,3-5H2,1-2H3,(H,18,20). The van der Waals surface area contributed by atoms with Gasteiger partial charge in [-0.05, 0) is 19.8 Å². The number of amides is 2. The van der Waals surface area contributed by atoms with Crippen molar-refractivity contribution in [1.29, 1.82) is 0 Å². The minimum atomic E-state index is -4.53. The van der Waals surface area contributed by atoms with E-state index in [1.54, 1.807) is 0 Å². The molecule has 1 fully saturated rings. The summed E-state index contributed by atoms with van der Waals surface area (Å²) in [5.41, 5.74) is -0.141. The first-order chi connectivity index (χ1) is 10.2. The monoisotopic (exact) mass is 319 g/mol. The molecule has 0 bridgehead atoms. The molecule has 6 nitrogen and oxygen atoms in total. The maximum absolute atomic E-state index is 13.2. The summed E-state index contributed by atoms with van der Waals surface area (Å²) in [6, 6.07) is -2.40. The van der Waals surface area contributed by atoms with Crippen molar-refractivity contribution in [2.24, 2.45) is 0 Å². The fourth-order valence-corrected chi connectivity index (χ4v) is 2.59. The van der Waals surface area contributed by atoms with Crippen LogP contribution in [-0.2, 0) is 4.79 Å². The molecule has 0 saturated carbocycles. The van der Waals surface area contributed by atoms with Crippen LogP contribution < -0.4 is 5.32 Å². The van der Waals surface area contributed by atoms with Gasteiger partial charge in [-0.3, -0.25) is 9.59 Å². The molecule has 0 aliphatic carbocycles. The molecule has 2 rings (SSSR count). The third-order valence-electron chi connectivity index (χ3n) is 3.58. The van der Waals surface area contributed by atoms with E-state index in [1.807, 2.05) is 0 Å². The number of nitrogens with zero attached hydrogens (tertiary/aromatic N) is 2. The van der Waals surface area contributed by atoms with Gasteiger partial charge in [0.05, 0.1) is 0 Å². The number of likely N-dealkylation sites (tertiary alicyclic amines) is 1. The molecular weight excluding hydrogens is 303 g/mol. The van der Waals surface area contributed by atoms with E-state index in [0.29, 0.717) is 0 Å². The van der Waals surface area contributed by atoms with Crippen LogP contribution in [0.15, 0.2) is 10.8 Å². The zero-order valence-corrected chi connectivity index (χ0v) is 12.1. The molecule has 0 spiro atoms. The lowest BCUT2D eigenvalue weighted by molar-refractivity contribution is -0.184. The molecule has 2 heterocycles. The number of nitrogens with one attached hydrogen (secondary N) is 1. The van der Waals surface area contributed by atoms with Crippen molar-refractivity contribution >= 4 is 11.8 Å². The van der Waals surface area contributed by atoms with Crippen molar-refractivity contribution in [3.8, 4) is 0 Å². The minimum absolute atomic E-state index is 0.141. The van der Waals surface area contributed by atoms with E-state index in [4.69, 9.17) is 4.42 Å². The molecule has 2 atom stereocenters. The molecule has 22 heavy (non-hydrogen) atoms. The summed E-state index contributed by atoms with van der Waals surface area (Å²) in [4.78, 5) is 27.8. The van der Waals surface area contributed by atoms with Crippen molar-refractivity contribution in [2.45, 2.75) is 44.9 Å². The van der Waals surface area contributed by atoms with Crippen LogP contribution in [0.1, 0.15) is 36.0 Å². The molecule has 0 radical (unpaired) electrons. The minimum Gasteiger partial charge on any atom is -0.448 e. The lowest BCUT2D eigenvalue weighted by Gasteiger charge is -2.40. The number of oxazole rings is 1. The van der Waals surface area contributed by atoms with Gasteiger partial charge in [-0.1, -0.05) is 0 Å². The lowest BCUT2D eigenvalue weighted by atomic mass is 9.97. The number of halogens is 3. The van der Waals surface area contributed by atoms with E-state index in [1.165, 1.54) is 13.8 Å². The highest BCUT2D eigenvalue weighted by Crippen LogP contribution is 2.33. The van der Waals surface area contributed by atoms with Gasteiger partial charge in [-0.2, -0.15) is 13.2 Å². The van der Waals surface area contributed by atoms with E-state index >= 15 is 0 Å². The highest BCUT2D eigenvalue weighted by Gasteiger charge is 2.48. The maximum atomic E-state index is 13.2. The van der Waals surface area contributed by atoms with Crippen LogP contribution >= 0.6 is 0 Å². The molecule has 1 aliphatic heterocycles. The van der Waals surface area contributed by atoms with Gasteiger partial charge in [0, 0.05) is 19.5 Å². The number of aryl methyl sites for hydroxylation is 1. The molecule has 122 valence electrons. The molecule has 1 aromatic heterocycles. The van der Waals surface area contributed by atoms with Crippen molar-refractivity contribution < 1.29 is 27.2 Å². The van der Waals surface area contributed by atoms with Crippen LogP contribution in [0.5, 0.6) is 0 Å². The largest absolute Gasteiger partial charge is 0.448 e. The van der Waals surface area contributed by atoms with Crippen LogP contribution in [0.3, 0.4) is 0 Å². The third kappa shape index (κ3) is 3.40. The lowest BCUT2D eigenvalue weighted by Crippen LogP contribution is -2.58. The average molecular weight is 319 g/mol. The molecule has 2 unspecified atom stereocenters. The number of piperidine rings is 1. The fourth-order valence-electron chi connectivity index (χ4n) is 2.59. The first-order valence-electron chi connectivity index (χ1n) is 6.75. The Labute approximate surface area is 124 Å². The average Bonchev–Trinajstić information content (AvgIpc) is 2.82. The van der Waals surface area contributed by atoms with Crippen LogP contribution in [0.4, 0.5) is 13.2 Å². The zero-order valence-electron chi connectivity index (χ0n) is 12.1. The summed E-state index contributed by atoms with van der Waals surface area (Å²) in [6.07, 6.45) is -3.63.